The van der Waals surface area contributed by atoms with Crippen LogP contribution in [0.2, 0.25) is 0 Å². The van der Waals surface area contributed by atoms with Crippen LogP contribution >= 0.6 is 0 Å². The van der Waals surface area contributed by atoms with Crippen molar-refractivity contribution in [3.05, 3.63) is 17.7 Å². The lowest BCUT2D eigenvalue weighted by Gasteiger charge is -2.16. The lowest BCUT2D eigenvalue weighted by atomic mass is 10.1. The van der Waals surface area contributed by atoms with Gasteiger partial charge in [-0.25, -0.2) is 4.98 Å². The highest BCUT2D eigenvalue weighted by molar-refractivity contribution is 6.09. The Kier molecular flexibility index (Phi) is 4.00. The van der Waals surface area contributed by atoms with Crippen LogP contribution in [0.1, 0.15) is 62.6 Å². The van der Waals surface area contributed by atoms with Crippen LogP contribution in [0.15, 0.2) is 10.7 Å². The Balaban J connectivity index is 1.99. The lowest BCUT2D eigenvalue weighted by molar-refractivity contribution is 0.0935. The van der Waals surface area contributed by atoms with Gasteiger partial charge >= 0.3 is 0 Å². The monoisotopic (exact) mass is 316 g/mol. The molecule has 1 saturated carbocycles. The van der Waals surface area contributed by atoms with Crippen LogP contribution in [-0.4, -0.2) is 27.5 Å². The summed E-state index contributed by atoms with van der Waals surface area (Å²) >= 11 is 0. The van der Waals surface area contributed by atoms with Crippen molar-refractivity contribution in [1.29, 1.82) is 0 Å². The molecule has 2 aromatic heterocycles. The number of fused-ring (bicyclic) bond motifs is 1. The first-order valence-electron chi connectivity index (χ1n) is 8.30. The number of nitrogens with one attached hydrogen (secondary N) is 2. The molecule has 1 amide bonds. The van der Waals surface area contributed by atoms with Gasteiger partial charge in [0.25, 0.3) is 5.91 Å². The first-order chi connectivity index (χ1) is 11.0. The van der Waals surface area contributed by atoms with E-state index in [0.717, 1.165) is 25.7 Å². The van der Waals surface area contributed by atoms with E-state index >= 15 is 0 Å². The fraction of sp³-hybridized carbons (Fsp3) is 0.588. The third-order valence-corrected chi connectivity index (χ3v) is 4.53. The molecule has 2 N–H and O–H groups in total. The van der Waals surface area contributed by atoms with E-state index in [4.69, 9.17) is 4.42 Å². The smallest absolute Gasteiger partial charge is 0.255 e. The van der Waals surface area contributed by atoms with Crippen molar-refractivity contribution in [3.63, 3.8) is 0 Å². The van der Waals surface area contributed by atoms with Gasteiger partial charge in [0, 0.05) is 11.6 Å². The average Bonchev–Trinajstić information content (AvgIpc) is 3.08. The molecule has 0 spiro atoms. The second kappa shape index (κ2) is 5.83. The minimum atomic E-state index is -0.131. The summed E-state index contributed by atoms with van der Waals surface area (Å²) in [4.78, 5) is 21.4. The van der Waals surface area contributed by atoms with Gasteiger partial charge in [0.2, 0.25) is 5.71 Å². The fourth-order valence-electron chi connectivity index (χ4n) is 2.66. The first-order valence-corrected chi connectivity index (χ1v) is 8.30. The number of carbonyl (C=O) groups excluding carboxylic acids is 1. The molecule has 6 heteroatoms. The number of nitrogens with zero attached hydrogens (tertiary/aromatic N) is 2. The van der Waals surface area contributed by atoms with Crippen LogP contribution in [0.5, 0.6) is 0 Å². The summed E-state index contributed by atoms with van der Waals surface area (Å²) < 4.78 is 5.52. The maximum atomic E-state index is 12.6. The molecule has 23 heavy (non-hydrogen) atoms. The van der Waals surface area contributed by atoms with Gasteiger partial charge in [-0.15, -0.1) is 0 Å². The second-order valence-electron chi connectivity index (χ2n) is 6.62. The molecule has 2 aromatic rings. The van der Waals surface area contributed by atoms with Gasteiger partial charge in [-0.05, 0) is 39.5 Å². The molecule has 1 aliphatic rings. The van der Waals surface area contributed by atoms with Crippen molar-refractivity contribution in [3.8, 4) is 0 Å². The van der Waals surface area contributed by atoms with Crippen LogP contribution < -0.4 is 10.6 Å². The highest BCUT2D eigenvalue weighted by Gasteiger charge is 2.38. The number of anilines is 1. The lowest BCUT2D eigenvalue weighted by Crippen LogP contribution is -2.33. The van der Waals surface area contributed by atoms with Crippen molar-refractivity contribution in [2.75, 3.05) is 5.32 Å². The predicted molar refractivity (Wildman–Crippen MR) is 89.6 cm³/mol. The number of hydrogen-bond acceptors (Lipinski definition) is 5. The molecule has 0 radical (unpaired) electrons. The molecule has 0 unspecified atom stereocenters. The zero-order chi connectivity index (χ0) is 16.6. The Morgan fingerprint density at radius 2 is 2.04 bits per heavy atom. The van der Waals surface area contributed by atoms with Crippen LogP contribution in [0.4, 0.5) is 5.82 Å². The number of hydrogen-bond donors (Lipinski definition) is 2. The number of furan rings is 1. The minimum Gasteiger partial charge on any atom is -0.445 e. The van der Waals surface area contributed by atoms with Crippen LogP contribution in [-0.2, 0) is 0 Å². The number of aromatic nitrogens is 2. The fourth-order valence-corrected chi connectivity index (χ4v) is 2.66. The SMILES string of the molecule is CCC(CC)NC(=O)c1coc2nc(C)nc(NC3(C)CC3)c12. The number of carbonyl (C=O) groups is 1. The molecule has 0 bridgehead atoms. The standard InChI is InChI=1S/C17H24N4O2/c1-5-11(6-2)20-15(22)12-9-23-16-13(12)14(18-10(3)19-16)21-17(4)7-8-17/h9,11H,5-8H2,1-4H3,(H,20,22)(H,18,19,21). The quantitative estimate of drug-likeness (QED) is 0.853. The Hall–Kier alpha value is -2.11. The third-order valence-electron chi connectivity index (χ3n) is 4.53. The van der Waals surface area contributed by atoms with Gasteiger partial charge in [-0.1, -0.05) is 13.8 Å². The van der Waals surface area contributed by atoms with Gasteiger partial charge in [-0.3, -0.25) is 4.79 Å². The minimum absolute atomic E-state index is 0.0636. The molecule has 3 rings (SSSR count). The van der Waals surface area contributed by atoms with Crippen LogP contribution in [0.3, 0.4) is 0 Å². The Morgan fingerprint density at radius 1 is 1.35 bits per heavy atom. The van der Waals surface area contributed by atoms with Gasteiger partial charge < -0.3 is 15.1 Å². The zero-order valence-corrected chi connectivity index (χ0v) is 14.2. The van der Waals surface area contributed by atoms with Crippen molar-refractivity contribution in [1.82, 2.24) is 15.3 Å². The number of amides is 1. The van der Waals surface area contributed by atoms with Crippen LogP contribution in [0, 0.1) is 6.92 Å². The summed E-state index contributed by atoms with van der Waals surface area (Å²) in [7, 11) is 0. The molecule has 0 saturated heterocycles. The third kappa shape index (κ3) is 3.16. The Labute approximate surface area is 136 Å². The van der Waals surface area contributed by atoms with Crippen molar-refractivity contribution >= 4 is 22.8 Å². The van der Waals surface area contributed by atoms with E-state index in [2.05, 4.69) is 41.4 Å². The molecular formula is C17H24N4O2. The maximum Gasteiger partial charge on any atom is 0.255 e. The molecule has 1 aliphatic carbocycles. The normalized spacial score (nSPS) is 15.9. The summed E-state index contributed by atoms with van der Waals surface area (Å²) in [6, 6.07) is 0.163. The maximum absolute atomic E-state index is 12.6. The van der Waals surface area contributed by atoms with Crippen molar-refractivity contribution < 1.29 is 9.21 Å². The molecular weight excluding hydrogens is 292 g/mol. The van der Waals surface area contributed by atoms with E-state index in [-0.39, 0.29) is 17.5 Å². The molecule has 124 valence electrons. The molecule has 0 atom stereocenters. The van der Waals surface area contributed by atoms with Crippen molar-refractivity contribution in [2.24, 2.45) is 0 Å². The Morgan fingerprint density at radius 3 is 2.65 bits per heavy atom. The van der Waals surface area contributed by atoms with E-state index in [1.165, 1.54) is 6.26 Å². The first kappa shape index (κ1) is 15.8. The van der Waals surface area contributed by atoms with E-state index in [9.17, 15) is 4.79 Å². The van der Waals surface area contributed by atoms with Gasteiger partial charge in [0.15, 0.2) is 0 Å². The van der Waals surface area contributed by atoms with E-state index in [1.54, 1.807) is 0 Å². The Bertz CT molecular complexity index is 730. The molecule has 6 nitrogen and oxygen atoms in total. The van der Waals surface area contributed by atoms with Gasteiger partial charge in [-0.2, -0.15) is 4.98 Å². The second-order valence-corrected chi connectivity index (χ2v) is 6.62. The molecule has 1 fully saturated rings. The molecule has 2 heterocycles. The summed E-state index contributed by atoms with van der Waals surface area (Å²) in [6.45, 7) is 8.11. The zero-order valence-electron chi connectivity index (χ0n) is 14.2. The molecule has 0 aromatic carbocycles. The summed E-state index contributed by atoms with van der Waals surface area (Å²) in [5.41, 5.74) is 1.02. The van der Waals surface area contributed by atoms with Crippen molar-refractivity contribution in [2.45, 2.75) is 65.0 Å². The largest absolute Gasteiger partial charge is 0.445 e. The average molecular weight is 316 g/mol. The highest BCUT2D eigenvalue weighted by Crippen LogP contribution is 2.39. The number of aryl methyl sites for hydroxylation is 1. The van der Waals surface area contributed by atoms with E-state index < -0.39 is 0 Å². The summed E-state index contributed by atoms with van der Waals surface area (Å²) in [6.07, 6.45) is 5.49. The van der Waals surface area contributed by atoms with E-state index in [0.29, 0.717) is 28.3 Å². The van der Waals surface area contributed by atoms with Crippen LogP contribution in [0.25, 0.3) is 11.1 Å². The predicted octanol–water partition coefficient (Wildman–Crippen LogP) is 3.41. The summed E-state index contributed by atoms with van der Waals surface area (Å²) in [5, 5.41) is 7.17. The van der Waals surface area contributed by atoms with Gasteiger partial charge in [0.05, 0.1) is 10.9 Å². The van der Waals surface area contributed by atoms with Gasteiger partial charge in [0.1, 0.15) is 17.9 Å². The number of rotatable bonds is 6. The van der Waals surface area contributed by atoms with E-state index in [1.807, 2.05) is 6.92 Å². The molecule has 0 aliphatic heterocycles. The topological polar surface area (TPSA) is 80.1 Å². The highest BCUT2D eigenvalue weighted by atomic mass is 16.3. The summed E-state index contributed by atoms with van der Waals surface area (Å²) in [5.74, 6) is 1.19.